The quantitative estimate of drug-likeness (QED) is 0.400. The van der Waals surface area contributed by atoms with E-state index in [0.29, 0.717) is 0 Å². The summed E-state index contributed by atoms with van der Waals surface area (Å²) in [5, 5.41) is 1.92. The number of rotatable bonds is 4. The molecule has 0 amide bonds. The number of hydrazine groups is 1. The highest BCUT2D eigenvalue weighted by Crippen LogP contribution is 1.81. The van der Waals surface area contributed by atoms with E-state index in [4.69, 9.17) is 12.6 Å². The minimum atomic E-state index is 0.857. The second-order valence-corrected chi connectivity index (χ2v) is 2.90. The molecule has 0 radical (unpaired) electrons. The Labute approximate surface area is 78.2 Å². The lowest BCUT2D eigenvalue weighted by Gasteiger charge is -2.15. The van der Waals surface area contributed by atoms with Crippen LogP contribution in [0.4, 0.5) is 0 Å². The van der Waals surface area contributed by atoms with Crippen molar-refractivity contribution in [2.75, 3.05) is 6.54 Å². The fraction of sp³-hybridized carbons (Fsp3) is 0.250. The van der Waals surface area contributed by atoms with Crippen molar-refractivity contribution in [3.05, 3.63) is 36.0 Å². The summed E-state index contributed by atoms with van der Waals surface area (Å²) in [5.74, 6) is 0. The largest absolute Gasteiger partial charge is 0.718 e. The first-order chi connectivity index (χ1) is 5.84. The van der Waals surface area contributed by atoms with Crippen LogP contribution in [0, 0.1) is 0 Å². The molecule has 1 heterocycles. The van der Waals surface area contributed by atoms with Crippen molar-refractivity contribution in [3.63, 3.8) is 0 Å². The van der Waals surface area contributed by atoms with E-state index in [1.54, 1.807) is 6.20 Å². The van der Waals surface area contributed by atoms with Crippen molar-refractivity contribution < 1.29 is 5.01 Å². The normalized spacial score (nSPS) is 22.3. The molecule has 0 saturated carbocycles. The fourth-order valence-electron chi connectivity index (χ4n) is 0.883. The van der Waals surface area contributed by atoms with Gasteiger partial charge >= 0.3 is 0 Å². The Hall–Kier alpha value is -0.840. The highest BCUT2D eigenvalue weighted by Gasteiger charge is 2.07. The molecule has 66 valence electrons. The van der Waals surface area contributed by atoms with Crippen LogP contribution in [0.25, 0.3) is 0 Å². The molecule has 0 fully saturated rings. The van der Waals surface area contributed by atoms with Gasteiger partial charge in [-0.25, -0.2) is 5.01 Å². The lowest BCUT2D eigenvalue weighted by molar-refractivity contribution is -0.892. The van der Waals surface area contributed by atoms with Crippen LogP contribution in [0.3, 0.4) is 0 Å². The van der Waals surface area contributed by atoms with Crippen molar-refractivity contribution in [2.45, 2.75) is 6.42 Å². The molecule has 1 aliphatic rings. The predicted octanol–water partition coefficient (Wildman–Crippen LogP) is -0.628. The number of quaternary nitrogens is 1. The first-order valence-electron chi connectivity index (χ1n) is 3.85. The van der Waals surface area contributed by atoms with E-state index in [0.717, 1.165) is 23.0 Å². The minimum absolute atomic E-state index is 0.857. The molecule has 0 aromatic carbocycles. The third-order valence-electron chi connectivity index (χ3n) is 1.52. The molecule has 1 unspecified atom stereocenters. The molecule has 3 nitrogen and oxygen atoms in total. The van der Waals surface area contributed by atoms with Gasteiger partial charge in [0.15, 0.2) is 0 Å². The fourth-order valence-corrected chi connectivity index (χ4v) is 1.08. The highest BCUT2D eigenvalue weighted by molar-refractivity contribution is 7.63. The summed E-state index contributed by atoms with van der Waals surface area (Å²) in [5.41, 5.74) is 5.83. The van der Waals surface area contributed by atoms with Crippen molar-refractivity contribution in [3.8, 4) is 0 Å². The highest BCUT2D eigenvalue weighted by atomic mass is 32.1. The predicted molar refractivity (Wildman–Crippen MR) is 51.5 cm³/mol. The van der Waals surface area contributed by atoms with Crippen LogP contribution in [0.2, 0.25) is 0 Å². The Bertz CT molecular complexity index is 210. The zero-order valence-corrected chi connectivity index (χ0v) is 7.66. The average Bonchev–Trinajstić information content (AvgIpc) is 2.46. The van der Waals surface area contributed by atoms with Crippen LogP contribution < -0.4 is 16.0 Å². The summed E-state index contributed by atoms with van der Waals surface area (Å²) in [6, 6.07) is 0. The monoisotopic (exact) mass is 183 g/mol. The van der Waals surface area contributed by atoms with Crippen molar-refractivity contribution in [1.82, 2.24) is 11.0 Å². The molecule has 4 heteroatoms. The molecule has 3 N–H and O–H groups in total. The van der Waals surface area contributed by atoms with E-state index in [1.807, 2.05) is 6.08 Å². The number of nitrogens with one attached hydrogen (secondary N) is 3. The van der Waals surface area contributed by atoms with Crippen LogP contribution >= 0.6 is 0 Å². The maximum Gasteiger partial charge on any atom is 0.118 e. The lowest BCUT2D eigenvalue weighted by Crippen LogP contribution is -3.15. The summed E-state index contributed by atoms with van der Waals surface area (Å²) >= 11 is 5.05. The Kier molecular flexibility index (Phi) is 3.79. The molecule has 0 aromatic heterocycles. The van der Waals surface area contributed by atoms with Crippen molar-refractivity contribution in [1.29, 1.82) is 0 Å². The second-order valence-electron chi connectivity index (χ2n) is 2.46. The SMILES string of the molecule is C=CC/C=C\C[NH+]1NNC=C1[S-]. The van der Waals surface area contributed by atoms with Gasteiger partial charge in [-0.3, -0.25) is 5.43 Å². The van der Waals surface area contributed by atoms with Gasteiger partial charge in [0.2, 0.25) is 0 Å². The molecule has 12 heavy (non-hydrogen) atoms. The topological polar surface area (TPSA) is 28.5 Å². The van der Waals surface area contributed by atoms with E-state index in [2.05, 4.69) is 29.7 Å². The van der Waals surface area contributed by atoms with Gasteiger partial charge in [0.05, 0.1) is 6.20 Å². The lowest BCUT2D eigenvalue weighted by atomic mass is 10.4. The molecule has 0 aliphatic carbocycles. The van der Waals surface area contributed by atoms with Crippen molar-refractivity contribution in [2.24, 2.45) is 0 Å². The van der Waals surface area contributed by atoms with Crippen LogP contribution in [0.5, 0.6) is 0 Å². The van der Waals surface area contributed by atoms with Gasteiger partial charge in [0, 0.05) is 5.03 Å². The summed E-state index contributed by atoms with van der Waals surface area (Å²) < 4.78 is 0. The van der Waals surface area contributed by atoms with E-state index < -0.39 is 0 Å². The third kappa shape index (κ3) is 2.65. The summed E-state index contributed by atoms with van der Waals surface area (Å²) in [7, 11) is 0. The molecular weight excluding hydrogens is 170 g/mol. The average molecular weight is 183 g/mol. The second kappa shape index (κ2) is 4.92. The molecule has 0 aromatic rings. The zero-order chi connectivity index (χ0) is 8.81. The first kappa shape index (κ1) is 9.25. The summed E-state index contributed by atoms with van der Waals surface area (Å²) in [4.78, 5) is 0. The minimum Gasteiger partial charge on any atom is -0.718 e. The van der Waals surface area contributed by atoms with Crippen LogP contribution in [0.1, 0.15) is 6.42 Å². The molecular formula is C8H13N3S. The smallest absolute Gasteiger partial charge is 0.118 e. The van der Waals surface area contributed by atoms with Gasteiger partial charge < -0.3 is 12.6 Å². The molecule has 1 aliphatic heterocycles. The Morgan fingerprint density at radius 2 is 2.42 bits per heavy atom. The molecule has 1 atom stereocenters. The Balaban J connectivity index is 2.23. The number of allylic oxidation sites excluding steroid dienone is 2. The Morgan fingerprint density at radius 3 is 3.00 bits per heavy atom. The molecule has 0 spiro atoms. The number of hydrogen-bond acceptors (Lipinski definition) is 3. The van der Waals surface area contributed by atoms with Crippen molar-refractivity contribution >= 4 is 12.6 Å². The van der Waals surface area contributed by atoms with Gasteiger partial charge in [-0.05, 0) is 12.5 Å². The van der Waals surface area contributed by atoms with Gasteiger partial charge in [-0.2, -0.15) is 0 Å². The standard InChI is InChI=1S/C8H13N3S/c1-2-3-4-5-6-11-8(12)7-9-10-11/h2,4-5,7,9-10,12H,1,3,6H2/b5-4-. The summed E-state index contributed by atoms with van der Waals surface area (Å²) in [6.07, 6.45) is 8.72. The molecule has 0 bridgehead atoms. The van der Waals surface area contributed by atoms with Crippen LogP contribution in [0.15, 0.2) is 36.0 Å². The van der Waals surface area contributed by atoms with Gasteiger partial charge in [0.1, 0.15) is 6.54 Å². The third-order valence-corrected chi connectivity index (χ3v) is 1.88. The molecule has 0 saturated heterocycles. The zero-order valence-electron chi connectivity index (χ0n) is 6.84. The first-order valence-corrected chi connectivity index (χ1v) is 4.26. The van der Waals surface area contributed by atoms with Gasteiger partial charge in [-0.15, -0.1) is 6.58 Å². The molecule has 1 rings (SSSR count). The summed E-state index contributed by atoms with van der Waals surface area (Å²) in [6.45, 7) is 4.48. The number of hydrogen-bond donors (Lipinski definition) is 3. The van der Waals surface area contributed by atoms with E-state index in [-0.39, 0.29) is 0 Å². The van der Waals surface area contributed by atoms with Crippen LogP contribution in [-0.4, -0.2) is 6.54 Å². The van der Waals surface area contributed by atoms with Crippen LogP contribution in [-0.2, 0) is 12.6 Å². The van der Waals surface area contributed by atoms with Gasteiger partial charge in [0.25, 0.3) is 0 Å². The Morgan fingerprint density at radius 1 is 1.58 bits per heavy atom. The maximum atomic E-state index is 5.05. The maximum absolute atomic E-state index is 5.05. The van der Waals surface area contributed by atoms with Gasteiger partial charge in [-0.1, -0.05) is 17.7 Å². The van der Waals surface area contributed by atoms with E-state index >= 15 is 0 Å². The van der Waals surface area contributed by atoms with E-state index in [9.17, 15) is 0 Å². The van der Waals surface area contributed by atoms with E-state index in [1.165, 1.54) is 0 Å².